The molecule has 1 heterocycles. The second kappa shape index (κ2) is 6.33. The van der Waals surface area contributed by atoms with Gasteiger partial charge in [-0.2, -0.15) is 0 Å². The molecule has 0 amide bonds. The Morgan fingerprint density at radius 2 is 1.95 bits per heavy atom. The van der Waals surface area contributed by atoms with Crippen LogP contribution in [0.1, 0.15) is 6.42 Å². The Hall–Kier alpha value is -1.88. The maximum Gasteiger partial charge on any atom is 0.118 e. The van der Waals surface area contributed by atoms with Gasteiger partial charge in [0.25, 0.3) is 0 Å². The van der Waals surface area contributed by atoms with E-state index >= 15 is 0 Å². The van der Waals surface area contributed by atoms with Crippen LogP contribution in [0, 0.1) is 0 Å². The fourth-order valence-electron chi connectivity index (χ4n) is 1.85. The molecule has 2 rings (SSSR count). The number of hydrogen-bond acceptors (Lipinski definition) is 4. The Morgan fingerprint density at radius 3 is 2.58 bits per heavy atom. The van der Waals surface area contributed by atoms with Gasteiger partial charge < -0.3 is 9.64 Å². The molecular weight excluding hydrogens is 240 g/mol. The highest BCUT2D eigenvalue weighted by Crippen LogP contribution is 2.19. The molecule has 0 saturated heterocycles. The summed E-state index contributed by atoms with van der Waals surface area (Å²) in [4.78, 5) is 2.17. The first kappa shape index (κ1) is 13.5. The first-order chi connectivity index (χ1) is 9.19. The molecule has 0 unspecified atom stereocenters. The molecule has 102 valence electrons. The van der Waals surface area contributed by atoms with Gasteiger partial charge in [0, 0.05) is 12.1 Å². The molecule has 5 nitrogen and oxygen atoms in total. The Morgan fingerprint density at radius 1 is 1.21 bits per heavy atom. The fraction of sp³-hybridized carbons (Fsp3) is 0.429. The minimum Gasteiger partial charge on any atom is -0.497 e. The third kappa shape index (κ3) is 3.79. The lowest BCUT2D eigenvalue weighted by molar-refractivity contribution is 0.379. The minimum atomic E-state index is 0.849. The molecule has 5 heteroatoms. The lowest BCUT2D eigenvalue weighted by Gasteiger charge is -2.08. The van der Waals surface area contributed by atoms with Crippen LogP contribution >= 0.6 is 0 Å². The van der Waals surface area contributed by atoms with Gasteiger partial charge in [0.1, 0.15) is 11.4 Å². The van der Waals surface area contributed by atoms with Crippen LogP contribution in [0.2, 0.25) is 0 Å². The van der Waals surface area contributed by atoms with Gasteiger partial charge >= 0.3 is 0 Å². The van der Waals surface area contributed by atoms with Crippen LogP contribution in [-0.4, -0.2) is 47.6 Å². The Labute approximate surface area is 113 Å². The van der Waals surface area contributed by atoms with Crippen molar-refractivity contribution in [1.82, 2.24) is 19.9 Å². The van der Waals surface area contributed by atoms with E-state index in [0.29, 0.717) is 0 Å². The summed E-state index contributed by atoms with van der Waals surface area (Å²) in [5, 5.41) is 8.35. The molecule has 0 bridgehead atoms. The average Bonchev–Trinajstić information content (AvgIpc) is 2.87. The van der Waals surface area contributed by atoms with Crippen molar-refractivity contribution >= 4 is 0 Å². The summed E-state index contributed by atoms with van der Waals surface area (Å²) in [5.41, 5.74) is 1.95. The Balaban J connectivity index is 1.99. The van der Waals surface area contributed by atoms with E-state index in [1.165, 1.54) is 0 Å². The van der Waals surface area contributed by atoms with Gasteiger partial charge in [-0.05, 0) is 51.3 Å². The molecule has 1 aromatic heterocycles. The molecule has 19 heavy (non-hydrogen) atoms. The maximum atomic E-state index is 5.14. The van der Waals surface area contributed by atoms with Crippen molar-refractivity contribution in [3.63, 3.8) is 0 Å². The first-order valence-electron chi connectivity index (χ1n) is 6.38. The molecule has 0 atom stereocenters. The van der Waals surface area contributed by atoms with Gasteiger partial charge in [0.05, 0.1) is 13.3 Å². The zero-order valence-electron chi connectivity index (χ0n) is 11.7. The summed E-state index contributed by atoms with van der Waals surface area (Å²) in [5.74, 6) is 0.849. The molecule has 0 aliphatic carbocycles. The van der Waals surface area contributed by atoms with Crippen molar-refractivity contribution in [2.24, 2.45) is 0 Å². The van der Waals surface area contributed by atoms with E-state index in [1.54, 1.807) is 7.11 Å². The second-order valence-electron chi connectivity index (χ2n) is 4.75. The van der Waals surface area contributed by atoms with Crippen molar-refractivity contribution in [1.29, 1.82) is 0 Å². The van der Waals surface area contributed by atoms with Crippen molar-refractivity contribution in [3.8, 4) is 17.0 Å². The minimum absolute atomic E-state index is 0.849. The highest BCUT2D eigenvalue weighted by Gasteiger charge is 2.04. The van der Waals surface area contributed by atoms with E-state index < -0.39 is 0 Å². The van der Waals surface area contributed by atoms with Crippen molar-refractivity contribution in [2.45, 2.75) is 13.0 Å². The van der Waals surface area contributed by atoms with Crippen LogP contribution in [0.5, 0.6) is 5.75 Å². The highest BCUT2D eigenvalue weighted by atomic mass is 16.5. The lowest BCUT2D eigenvalue weighted by Crippen LogP contribution is -2.15. The maximum absolute atomic E-state index is 5.14. The molecule has 0 radical (unpaired) electrons. The number of aryl methyl sites for hydroxylation is 1. The standard InChI is InChI=1S/C14H20N4O/c1-17(2)9-4-10-18-11-14(15-16-18)12-5-7-13(19-3)8-6-12/h5-8,11H,4,9-10H2,1-3H3. The average molecular weight is 260 g/mol. The van der Waals surface area contributed by atoms with Crippen molar-refractivity contribution in [2.75, 3.05) is 27.7 Å². The lowest BCUT2D eigenvalue weighted by atomic mass is 10.2. The van der Waals surface area contributed by atoms with Crippen LogP contribution in [0.15, 0.2) is 30.5 Å². The van der Waals surface area contributed by atoms with Crippen molar-refractivity contribution < 1.29 is 4.74 Å². The van der Waals surface area contributed by atoms with Crippen molar-refractivity contribution in [3.05, 3.63) is 30.5 Å². The zero-order chi connectivity index (χ0) is 13.7. The Bertz CT molecular complexity index is 504. The highest BCUT2D eigenvalue weighted by molar-refractivity contribution is 5.58. The number of benzene rings is 1. The fourth-order valence-corrected chi connectivity index (χ4v) is 1.85. The molecule has 0 aliphatic heterocycles. The quantitative estimate of drug-likeness (QED) is 0.795. The van der Waals surface area contributed by atoms with Gasteiger partial charge in [-0.3, -0.25) is 4.68 Å². The third-order valence-corrected chi connectivity index (χ3v) is 2.92. The molecule has 0 spiro atoms. The first-order valence-corrected chi connectivity index (χ1v) is 6.38. The van der Waals surface area contributed by atoms with Gasteiger partial charge in [-0.25, -0.2) is 0 Å². The van der Waals surface area contributed by atoms with Gasteiger partial charge in [0.15, 0.2) is 0 Å². The zero-order valence-corrected chi connectivity index (χ0v) is 11.7. The summed E-state index contributed by atoms with van der Waals surface area (Å²) in [6.45, 7) is 1.94. The van der Waals surface area contributed by atoms with Crippen LogP contribution in [0.25, 0.3) is 11.3 Å². The molecule has 0 fully saturated rings. The van der Waals surface area contributed by atoms with E-state index in [4.69, 9.17) is 4.74 Å². The van der Waals surface area contributed by atoms with Gasteiger partial charge in [0.2, 0.25) is 0 Å². The topological polar surface area (TPSA) is 43.2 Å². The van der Waals surface area contributed by atoms with Gasteiger partial charge in [-0.1, -0.05) is 5.21 Å². The number of methoxy groups -OCH3 is 1. The van der Waals surface area contributed by atoms with E-state index in [9.17, 15) is 0 Å². The smallest absolute Gasteiger partial charge is 0.118 e. The predicted molar refractivity (Wildman–Crippen MR) is 75.2 cm³/mol. The number of ether oxygens (including phenoxy) is 1. The summed E-state index contributed by atoms with van der Waals surface area (Å²) in [6.07, 6.45) is 3.05. The predicted octanol–water partition coefficient (Wildman–Crippen LogP) is 1.91. The van der Waals surface area contributed by atoms with Crippen LogP contribution in [0.4, 0.5) is 0 Å². The van der Waals surface area contributed by atoms with Crippen LogP contribution in [0.3, 0.4) is 0 Å². The normalized spacial score (nSPS) is 10.9. The van der Waals surface area contributed by atoms with E-state index in [0.717, 1.165) is 36.5 Å². The summed E-state index contributed by atoms with van der Waals surface area (Å²) in [6, 6.07) is 7.85. The number of nitrogens with zero attached hydrogens (tertiary/aromatic N) is 4. The number of hydrogen-bond donors (Lipinski definition) is 0. The van der Waals surface area contributed by atoms with E-state index in [-0.39, 0.29) is 0 Å². The summed E-state index contributed by atoms with van der Waals surface area (Å²) in [7, 11) is 5.81. The Kier molecular flexibility index (Phi) is 4.52. The van der Waals surface area contributed by atoms with Crippen LogP contribution in [-0.2, 0) is 6.54 Å². The molecule has 1 aromatic carbocycles. The molecule has 0 aliphatic rings. The molecular formula is C14H20N4O. The van der Waals surface area contributed by atoms with E-state index in [1.807, 2.05) is 35.1 Å². The number of rotatable bonds is 6. The monoisotopic (exact) mass is 260 g/mol. The third-order valence-electron chi connectivity index (χ3n) is 2.92. The van der Waals surface area contributed by atoms with E-state index in [2.05, 4.69) is 29.3 Å². The molecule has 0 saturated carbocycles. The summed E-state index contributed by atoms with van der Waals surface area (Å²) < 4.78 is 7.03. The molecule has 0 N–H and O–H groups in total. The number of aromatic nitrogens is 3. The SMILES string of the molecule is COc1ccc(-c2cn(CCCN(C)C)nn2)cc1. The van der Waals surface area contributed by atoms with Crippen LogP contribution < -0.4 is 4.74 Å². The summed E-state index contributed by atoms with van der Waals surface area (Å²) >= 11 is 0. The second-order valence-corrected chi connectivity index (χ2v) is 4.75. The largest absolute Gasteiger partial charge is 0.497 e. The molecule has 2 aromatic rings. The van der Waals surface area contributed by atoms with Gasteiger partial charge in [-0.15, -0.1) is 5.10 Å².